The lowest BCUT2D eigenvalue weighted by Gasteiger charge is -2.25. The number of carbonyl (C=O) groups excluding carboxylic acids is 1. The molecule has 6 heteroatoms. The summed E-state index contributed by atoms with van der Waals surface area (Å²) in [4.78, 5) is 13.4. The summed E-state index contributed by atoms with van der Waals surface area (Å²) in [6.07, 6.45) is 1.95. The van der Waals surface area contributed by atoms with Gasteiger partial charge < -0.3 is 15.3 Å². The van der Waals surface area contributed by atoms with E-state index in [0.29, 0.717) is 12.3 Å². The van der Waals surface area contributed by atoms with Gasteiger partial charge in [0.2, 0.25) is 0 Å². The normalized spacial score (nSPS) is 11.3. The summed E-state index contributed by atoms with van der Waals surface area (Å²) < 4.78 is 13.3. The highest BCUT2D eigenvalue weighted by atomic mass is 32.2. The van der Waals surface area contributed by atoms with Gasteiger partial charge in [-0.3, -0.25) is 0 Å². The van der Waals surface area contributed by atoms with Crippen LogP contribution in [-0.2, 0) is 12.3 Å². The van der Waals surface area contributed by atoms with Crippen LogP contribution in [0.15, 0.2) is 18.2 Å². The molecular weight excluding hydrogens is 291 g/mol. The maximum absolute atomic E-state index is 13.3. The largest absolute Gasteiger partial charge is 0.389 e. The standard InChI is InChI=1S/C15H23FN2O2S/c1-15(2,20)10-18(3)14(19)17-8-11-5-6-13(16)7-12(11)9-21-4/h5-7,20H,8-10H2,1-4H3,(H,17,19). The maximum atomic E-state index is 13.3. The van der Waals surface area contributed by atoms with Gasteiger partial charge in [-0.1, -0.05) is 6.07 Å². The maximum Gasteiger partial charge on any atom is 0.317 e. The van der Waals surface area contributed by atoms with Gasteiger partial charge in [-0.15, -0.1) is 0 Å². The minimum atomic E-state index is -0.939. The summed E-state index contributed by atoms with van der Waals surface area (Å²) in [6, 6.07) is 4.32. The number of halogens is 1. The molecule has 1 rings (SSSR count). The molecule has 0 aromatic heterocycles. The van der Waals surface area contributed by atoms with Gasteiger partial charge in [-0.05, 0) is 43.4 Å². The van der Waals surface area contributed by atoms with Crippen molar-refractivity contribution in [3.63, 3.8) is 0 Å². The number of thioether (sulfide) groups is 1. The van der Waals surface area contributed by atoms with Crippen LogP contribution in [0.3, 0.4) is 0 Å². The Kier molecular flexibility index (Phi) is 6.48. The monoisotopic (exact) mass is 314 g/mol. The van der Waals surface area contributed by atoms with Crippen LogP contribution in [0.2, 0.25) is 0 Å². The van der Waals surface area contributed by atoms with Crippen LogP contribution in [0.25, 0.3) is 0 Å². The van der Waals surface area contributed by atoms with E-state index in [-0.39, 0.29) is 18.4 Å². The highest BCUT2D eigenvalue weighted by Crippen LogP contribution is 2.16. The molecule has 4 nitrogen and oxygen atoms in total. The second-order valence-electron chi connectivity index (χ2n) is 5.67. The molecule has 2 amide bonds. The van der Waals surface area contributed by atoms with Crippen LogP contribution < -0.4 is 5.32 Å². The summed E-state index contributed by atoms with van der Waals surface area (Å²) in [7, 11) is 1.63. The SMILES string of the molecule is CSCc1cc(F)ccc1CNC(=O)N(C)CC(C)(C)O. The fraction of sp³-hybridized carbons (Fsp3) is 0.533. The average Bonchev–Trinajstić information content (AvgIpc) is 2.35. The Bertz CT molecular complexity index is 489. The Hall–Kier alpha value is -1.27. The third-order valence-corrected chi connectivity index (χ3v) is 3.47. The van der Waals surface area contributed by atoms with Gasteiger partial charge in [-0.2, -0.15) is 11.8 Å². The summed E-state index contributed by atoms with van der Waals surface area (Å²) >= 11 is 1.60. The average molecular weight is 314 g/mol. The lowest BCUT2D eigenvalue weighted by atomic mass is 10.1. The third kappa shape index (κ3) is 6.35. The van der Waals surface area contributed by atoms with Crippen molar-refractivity contribution in [3.8, 4) is 0 Å². The highest BCUT2D eigenvalue weighted by Gasteiger charge is 2.19. The van der Waals surface area contributed by atoms with Crippen LogP contribution in [0.1, 0.15) is 25.0 Å². The molecule has 118 valence electrons. The Balaban J connectivity index is 2.64. The molecule has 0 heterocycles. The number of nitrogens with zero attached hydrogens (tertiary/aromatic N) is 1. The van der Waals surface area contributed by atoms with E-state index < -0.39 is 5.60 Å². The van der Waals surface area contributed by atoms with Crippen molar-refractivity contribution in [2.45, 2.75) is 31.7 Å². The highest BCUT2D eigenvalue weighted by molar-refractivity contribution is 7.97. The summed E-state index contributed by atoms with van der Waals surface area (Å²) in [5.41, 5.74) is 0.843. The molecule has 0 unspecified atom stereocenters. The molecule has 0 atom stereocenters. The van der Waals surface area contributed by atoms with E-state index in [9.17, 15) is 14.3 Å². The molecule has 1 aromatic rings. The molecule has 0 saturated carbocycles. The van der Waals surface area contributed by atoms with Crippen molar-refractivity contribution in [2.75, 3.05) is 19.8 Å². The van der Waals surface area contributed by atoms with Gasteiger partial charge in [0.15, 0.2) is 0 Å². The van der Waals surface area contributed by atoms with Crippen LogP contribution in [-0.4, -0.2) is 41.5 Å². The Labute approximate surface area is 129 Å². The molecule has 0 spiro atoms. The minimum Gasteiger partial charge on any atom is -0.389 e. The van der Waals surface area contributed by atoms with E-state index in [1.54, 1.807) is 38.7 Å². The Morgan fingerprint density at radius 1 is 1.43 bits per heavy atom. The van der Waals surface area contributed by atoms with E-state index >= 15 is 0 Å². The van der Waals surface area contributed by atoms with E-state index in [1.165, 1.54) is 17.0 Å². The molecule has 0 saturated heterocycles. The van der Waals surface area contributed by atoms with E-state index in [2.05, 4.69) is 5.32 Å². The zero-order chi connectivity index (χ0) is 16.0. The Morgan fingerprint density at radius 3 is 2.67 bits per heavy atom. The zero-order valence-corrected chi connectivity index (χ0v) is 13.8. The van der Waals surface area contributed by atoms with Crippen molar-refractivity contribution in [3.05, 3.63) is 35.1 Å². The molecule has 1 aromatic carbocycles. The first-order valence-electron chi connectivity index (χ1n) is 6.70. The predicted molar refractivity (Wildman–Crippen MR) is 84.8 cm³/mol. The molecular formula is C15H23FN2O2S. The summed E-state index contributed by atoms with van der Waals surface area (Å²) in [6.45, 7) is 3.87. The lowest BCUT2D eigenvalue weighted by Crippen LogP contribution is -2.44. The summed E-state index contributed by atoms with van der Waals surface area (Å²) in [5.74, 6) is 0.427. The first-order chi connectivity index (χ1) is 9.73. The number of amides is 2. The van der Waals surface area contributed by atoms with Crippen molar-refractivity contribution in [1.29, 1.82) is 0 Å². The van der Waals surface area contributed by atoms with E-state index in [4.69, 9.17) is 0 Å². The van der Waals surface area contributed by atoms with Gasteiger partial charge in [-0.25, -0.2) is 9.18 Å². The van der Waals surface area contributed by atoms with Crippen LogP contribution >= 0.6 is 11.8 Å². The molecule has 0 aliphatic carbocycles. The second kappa shape index (κ2) is 7.66. The van der Waals surface area contributed by atoms with E-state index in [0.717, 1.165) is 11.1 Å². The predicted octanol–water partition coefficient (Wildman–Crippen LogP) is 2.60. The van der Waals surface area contributed by atoms with Crippen molar-refractivity contribution < 1.29 is 14.3 Å². The van der Waals surface area contributed by atoms with Gasteiger partial charge >= 0.3 is 6.03 Å². The first kappa shape index (κ1) is 17.8. The number of nitrogens with one attached hydrogen (secondary N) is 1. The van der Waals surface area contributed by atoms with E-state index in [1.807, 2.05) is 6.26 Å². The number of likely N-dealkylation sites (N-methyl/N-ethyl adjacent to an activating group) is 1. The van der Waals surface area contributed by atoms with Gasteiger partial charge in [0.05, 0.1) is 12.1 Å². The Morgan fingerprint density at radius 2 is 2.10 bits per heavy atom. The molecule has 0 radical (unpaired) electrons. The number of urea groups is 1. The molecule has 0 fully saturated rings. The first-order valence-corrected chi connectivity index (χ1v) is 8.10. The van der Waals surface area contributed by atoms with Crippen molar-refractivity contribution in [1.82, 2.24) is 10.2 Å². The second-order valence-corrected chi connectivity index (χ2v) is 6.54. The fourth-order valence-electron chi connectivity index (χ4n) is 2.01. The number of benzene rings is 1. The molecule has 0 aliphatic heterocycles. The fourth-order valence-corrected chi connectivity index (χ4v) is 2.59. The third-order valence-electron chi connectivity index (χ3n) is 2.87. The topological polar surface area (TPSA) is 52.6 Å². The zero-order valence-electron chi connectivity index (χ0n) is 12.9. The quantitative estimate of drug-likeness (QED) is 0.848. The van der Waals surface area contributed by atoms with Gasteiger partial charge in [0.25, 0.3) is 0 Å². The number of aliphatic hydroxyl groups is 1. The van der Waals surface area contributed by atoms with Gasteiger partial charge in [0.1, 0.15) is 5.82 Å². The number of hydrogen-bond donors (Lipinski definition) is 2. The van der Waals surface area contributed by atoms with Crippen LogP contribution in [0, 0.1) is 5.82 Å². The minimum absolute atomic E-state index is 0.236. The molecule has 0 bridgehead atoms. The van der Waals surface area contributed by atoms with Crippen LogP contribution in [0.5, 0.6) is 0 Å². The number of hydrogen-bond acceptors (Lipinski definition) is 3. The van der Waals surface area contributed by atoms with Crippen molar-refractivity contribution >= 4 is 17.8 Å². The van der Waals surface area contributed by atoms with Crippen LogP contribution in [0.4, 0.5) is 9.18 Å². The smallest absolute Gasteiger partial charge is 0.317 e. The number of rotatable bonds is 6. The van der Waals surface area contributed by atoms with Gasteiger partial charge in [0, 0.05) is 19.3 Å². The van der Waals surface area contributed by atoms with Crippen molar-refractivity contribution in [2.24, 2.45) is 0 Å². The lowest BCUT2D eigenvalue weighted by molar-refractivity contribution is 0.0531. The number of carbonyl (C=O) groups is 1. The molecule has 21 heavy (non-hydrogen) atoms. The summed E-state index contributed by atoms with van der Waals surface area (Å²) in [5, 5.41) is 12.5. The molecule has 2 N–H and O–H groups in total. The molecule has 0 aliphatic rings.